The van der Waals surface area contributed by atoms with E-state index in [0.29, 0.717) is 0 Å². The molecule has 0 aliphatic carbocycles. The van der Waals surface area contributed by atoms with Gasteiger partial charge in [-0.25, -0.2) is 13.1 Å². The van der Waals surface area contributed by atoms with Crippen LogP contribution in [0.1, 0.15) is 20.8 Å². The van der Waals surface area contributed by atoms with Crippen LogP contribution >= 0.6 is 0 Å². The first-order valence-electron chi connectivity index (χ1n) is 4.60. The van der Waals surface area contributed by atoms with Crippen LogP contribution in [0.5, 0.6) is 0 Å². The Hall–Kier alpha value is -0.170. The molecule has 0 radical (unpaired) electrons. The molecule has 86 valence electrons. The van der Waals surface area contributed by atoms with Crippen LogP contribution in [0.25, 0.3) is 0 Å². The summed E-state index contributed by atoms with van der Waals surface area (Å²) in [5.74, 6) is -0.0715. The van der Waals surface area contributed by atoms with Gasteiger partial charge in [0.2, 0.25) is 10.0 Å². The summed E-state index contributed by atoms with van der Waals surface area (Å²) < 4.78 is 29.8. The first-order valence-corrected chi connectivity index (χ1v) is 6.25. The van der Waals surface area contributed by atoms with Crippen molar-refractivity contribution in [2.75, 3.05) is 18.9 Å². The molecule has 6 heteroatoms. The zero-order chi connectivity index (χ0) is 11.2. The normalized spacial score (nSPS) is 14.6. The van der Waals surface area contributed by atoms with Crippen LogP contribution in [0, 0.1) is 0 Å². The maximum absolute atomic E-state index is 11.2. The number of nitrogens with one attached hydrogen (secondary N) is 1. The molecule has 0 spiro atoms. The third-order valence-electron chi connectivity index (χ3n) is 1.40. The van der Waals surface area contributed by atoms with Crippen molar-refractivity contribution in [3.8, 4) is 0 Å². The molecule has 2 N–H and O–H groups in total. The molecule has 0 aromatic heterocycles. The fourth-order valence-electron chi connectivity index (χ4n) is 0.713. The average molecular weight is 225 g/mol. The van der Waals surface area contributed by atoms with Gasteiger partial charge in [-0.15, -0.1) is 0 Å². The monoisotopic (exact) mass is 225 g/mol. The number of ether oxygens (including phenoxy) is 1. The molecule has 0 saturated heterocycles. The first kappa shape index (κ1) is 13.8. The molecule has 0 aliphatic rings. The number of rotatable bonds is 7. The predicted octanol–water partition coefficient (Wildman–Crippen LogP) is -0.288. The van der Waals surface area contributed by atoms with Crippen molar-refractivity contribution in [2.45, 2.75) is 33.0 Å². The Bertz CT molecular complexity index is 236. The van der Waals surface area contributed by atoms with Crippen LogP contribution in [-0.2, 0) is 14.8 Å². The van der Waals surface area contributed by atoms with Crippen LogP contribution in [0.2, 0.25) is 0 Å². The number of sulfonamides is 1. The van der Waals surface area contributed by atoms with E-state index in [1.165, 1.54) is 6.92 Å². The van der Waals surface area contributed by atoms with Gasteiger partial charge in [0.15, 0.2) is 0 Å². The molecule has 0 aromatic rings. The van der Waals surface area contributed by atoms with Crippen molar-refractivity contribution in [2.24, 2.45) is 0 Å². The molecule has 0 saturated carbocycles. The van der Waals surface area contributed by atoms with Gasteiger partial charge in [-0.05, 0) is 20.8 Å². The van der Waals surface area contributed by atoms with E-state index in [1.807, 2.05) is 13.8 Å². The number of hydrogen-bond acceptors (Lipinski definition) is 4. The van der Waals surface area contributed by atoms with Gasteiger partial charge >= 0.3 is 0 Å². The van der Waals surface area contributed by atoms with Gasteiger partial charge < -0.3 is 9.84 Å². The third kappa shape index (κ3) is 8.43. The molecule has 0 bridgehead atoms. The zero-order valence-electron chi connectivity index (χ0n) is 8.86. The largest absolute Gasteiger partial charge is 0.392 e. The maximum atomic E-state index is 11.2. The summed E-state index contributed by atoms with van der Waals surface area (Å²) >= 11 is 0. The van der Waals surface area contributed by atoms with Crippen molar-refractivity contribution < 1.29 is 18.3 Å². The Labute approximate surface area is 85.5 Å². The highest BCUT2D eigenvalue weighted by atomic mass is 32.2. The average Bonchev–Trinajstić information content (AvgIpc) is 2.00. The van der Waals surface area contributed by atoms with Gasteiger partial charge in [-0.1, -0.05) is 0 Å². The Kier molecular flexibility index (Phi) is 6.26. The first-order chi connectivity index (χ1) is 6.33. The maximum Gasteiger partial charge on any atom is 0.213 e. The van der Waals surface area contributed by atoms with Gasteiger partial charge in [0.1, 0.15) is 0 Å². The van der Waals surface area contributed by atoms with Gasteiger partial charge in [0, 0.05) is 6.54 Å². The predicted molar refractivity (Wildman–Crippen MR) is 54.6 cm³/mol. The molecular weight excluding hydrogens is 206 g/mol. The smallest absolute Gasteiger partial charge is 0.213 e. The van der Waals surface area contributed by atoms with E-state index in [2.05, 4.69) is 4.72 Å². The lowest BCUT2D eigenvalue weighted by Crippen LogP contribution is -2.34. The van der Waals surface area contributed by atoms with Crippen LogP contribution in [0.3, 0.4) is 0 Å². The van der Waals surface area contributed by atoms with Gasteiger partial charge in [-0.2, -0.15) is 0 Å². The number of hydrogen-bond donors (Lipinski definition) is 2. The summed E-state index contributed by atoms with van der Waals surface area (Å²) in [5, 5.41) is 8.87. The summed E-state index contributed by atoms with van der Waals surface area (Å²) in [7, 11) is -3.31. The van der Waals surface area contributed by atoms with Crippen LogP contribution in [-0.4, -0.2) is 44.6 Å². The van der Waals surface area contributed by atoms with E-state index in [9.17, 15) is 8.42 Å². The Balaban J connectivity index is 3.73. The summed E-state index contributed by atoms with van der Waals surface area (Å²) in [6.07, 6.45) is -0.641. The molecule has 0 fully saturated rings. The fourth-order valence-corrected chi connectivity index (χ4v) is 1.67. The Morgan fingerprint density at radius 3 is 2.36 bits per heavy atom. The second kappa shape index (κ2) is 6.34. The van der Waals surface area contributed by atoms with Crippen LogP contribution in [0.15, 0.2) is 0 Å². The summed E-state index contributed by atoms with van der Waals surface area (Å²) in [6.45, 7) is 5.43. The highest BCUT2D eigenvalue weighted by molar-refractivity contribution is 7.89. The highest BCUT2D eigenvalue weighted by Gasteiger charge is 2.10. The summed E-state index contributed by atoms with van der Waals surface area (Å²) in [4.78, 5) is 0. The molecule has 0 amide bonds. The van der Waals surface area contributed by atoms with E-state index < -0.39 is 16.1 Å². The standard InChI is InChI=1S/C8H19NO4S/c1-7(2)13-4-5-14(11,12)9-6-8(3)10/h7-10H,4-6H2,1-3H3/t8-/m1/s1. The lowest BCUT2D eigenvalue weighted by molar-refractivity contribution is 0.0911. The van der Waals surface area contributed by atoms with Gasteiger partial charge in [0.25, 0.3) is 0 Å². The van der Waals surface area contributed by atoms with E-state index in [4.69, 9.17) is 9.84 Å². The number of aliphatic hydroxyl groups is 1. The van der Waals surface area contributed by atoms with Crippen LogP contribution < -0.4 is 4.72 Å². The number of aliphatic hydroxyl groups excluding tert-OH is 1. The van der Waals surface area contributed by atoms with E-state index in [-0.39, 0.29) is 25.0 Å². The molecule has 0 unspecified atom stereocenters. The van der Waals surface area contributed by atoms with Gasteiger partial charge in [0.05, 0.1) is 24.6 Å². The van der Waals surface area contributed by atoms with Gasteiger partial charge in [-0.3, -0.25) is 0 Å². The van der Waals surface area contributed by atoms with Crippen molar-refractivity contribution in [1.82, 2.24) is 4.72 Å². The molecule has 0 rings (SSSR count). The third-order valence-corrected chi connectivity index (χ3v) is 2.71. The Morgan fingerprint density at radius 2 is 1.93 bits per heavy atom. The summed E-state index contributed by atoms with van der Waals surface area (Å²) in [5.41, 5.74) is 0. The molecule has 0 aliphatic heterocycles. The van der Waals surface area contributed by atoms with E-state index in [1.54, 1.807) is 0 Å². The Morgan fingerprint density at radius 1 is 1.36 bits per heavy atom. The highest BCUT2D eigenvalue weighted by Crippen LogP contribution is 1.91. The molecular formula is C8H19NO4S. The minimum atomic E-state index is -3.31. The molecule has 0 aromatic carbocycles. The topological polar surface area (TPSA) is 75.6 Å². The summed E-state index contributed by atoms with van der Waals surface area (Å²) in [6, 6.07) is 0. The molecule has 5 nitrogen and oxygen atoms in total. The van der Waals surface area contributed by atoms with Crippen LogP contribution in [0.4, 0.5) is 0 Å². The van der Waals surface area contributed by atoms with E-state index >= 15 is 0 Å². The SMILES string of the molecule is CC(C)OCCS(=O)(=O)NC[C@@H](C)O. The quantitative estimate of drug-likeness (QED) is 0.624. The molecule has 14 heavy (non-hydrogen) atoms. The van der Waals surface area contributed by atoms with Crippen molar-refractivity contribution >= 4 is 10.0 Å². The fraction of sp³-hybridized carbons (Fsp3) is 1.00. The molecule has 1 atom stereocenters. The lowest BCUT2D eigenvalue weighted by Gasteiger charge is -2.10. The molecule has 0 heterocycles. The second-order valence-electron chi connectivity index (χ2n) is 3.44. The lowest BCUT2D eigenvalue weighted by atomic mass is 10.4. The second-order valence-corrected chi connectivity index (χ2v) is 5.36. The van der Waals surface area contributed by atoms with E-state index in [0.717, 1.165) is 0 Å². The van der Waals surface area contributed by atoms with Crippen molar-refractivity contribution in [1.29, 1.82) is 0 Å². The minimum absolute atomic E-state index is 0.0296. The van der Waals surface area contributed by atoms with Crippen molar-refractivity contribution in [3.63, 3.8) is 0 Å². The minimum Gasteiger partial charge on any atom is -0.392 e. The zero-order valence-corrected chi connectivity index (χ0v) is 9.67. The van der Waals surface area contributed by atoms with Crippen molar-refractivity contribution in [3.05, 3.63) is 0 Å².